The molecule has 0 unspecified atom stereocenters. The van der Waals surface area contributed by atoms with Crippen molar-refractivity contribution in [2.24, 2.45) is 7.05 Å². The summed E-state index contributed by atoms with van der Waals surface area (Å²) in [7, 11) is 1.58. The standard InChI is InChI=1S/C12H10ClN3O4/c1-7-9(6-17)12(15(2)14-7)20-11-4-3-8(13)5-10(11)16(18)19/h3-6H,1-2H3. The highest BCUT2D eigenvalue weighted by atomic mass is 35.5. The van der Waals surface area contributed by atoms with Crippen LogP contribution in [0.3, 0.4) is 0 Å². The molecule has 1 heterocycles. The van der Waals surface area contributed by atoms with Crippen molar-refractivity contribution in [1.82, 2.24) is 9.78 Å². The maximum Gasteiger partial charge on any atom is 0.313 e. The van der Waals surface area contributed by atoms with Gasteiger partial charge in [-0.25, -0.2) is 4.68 Å². The van der Waals surface area contributed by atoms with Gasteiger partial charge >= 0.3 is 5.69 Å². The SMILES string of the molecule is Cc1nn(C)c(Oc2ccc(Cl)cc2[N+](=O)[O-])c1C=O. The summed E-state index contributed by atoms with van der Waals surface area (Å²) < 4.78 is 6.81. The molecule has 0 aliphatic heterocycles. The summed E-state index contributed by atoms with van der Waals surface area (Å²) in [5, 5.41) is 15.2. The van der Waals surface area contributed by atoms with Gasteiger partial charge in [0.2, 0.25) is 11.6 Å². The Kier molecular flexibility index (Phi) is 3.71. The van der Waals surface area contributed by atoms with Crippen molar-refractivity contribution in [3.8, 4) is 11.6 Å². The van der Waals surface area contributed by atoms with E-state index < -0.39 is 4.92 Å². The number of nitro groups is 1. The maximum atomic E-state index is 11.0. The van der Waals surface area contributed by atoms with E-state index in [9.17, 15) is 14.9 Å². The molecular formula is C12H10ClN3O4. The van der Waals surface area contributed by atoms with Crippen LogP contribution >= 0.6 is 11.6 Å². The molecule has 1 aromatic carbocycles. The highest BCUT2D eigenvalue weighted by Crippen LogP contribution is 2.34. The number of aldehydes is 1. The monoisotopic (exact) mass is 295 g/mol. The summed E-state index contributed by atoms with van der Waals surface area (Å²) in [4.78, 5) is 21.4. The third-order valence-electron chi connectivity index (χ3n) is 2.66. The molecular weight excluding hydrogens is 286 g/mol. The third-order valence-corrected chi connectivity index (χ3v) is 2.89. The number of benzene rings is 1. The lowest BCUT2D eigenvalue weighted by Gasteiger charge is -2.07. The second-order valence-electron chi connectivity index (χ2n) is 4.02. The Labute approximate surface area is 118 Å². The first kappa shape index (κ1) is 14.0. The lowest BCUT2D eigenvalue weighted by atomic mass is 10.2. The number of aryl methyl sites for hydroxylation is 2. The molecule has 0 radical (unpaired) electrons. The van der Waals surface area contributed by atoms with Crippen molar-refractivity contribution in [3.63, 3.8) is 0 Å². The molecule has 2 rings (SSSR count). The first-order chi connectivity index (χ1) is 9.43. The molecule has 0 saturated heterocycles. The molecule has 0 saturated carbocycles. The van der Waals surface area contributed by atoms with Crippen LogP contribution in [0.1, 0.15) is 16.1 Å². The summed E-state index contributed by atoms with van der Waals surface area (Å²) in [6.45, 7) is 1.65. The predicted octanol–water partition coefficient (Wildman–Crippen LogP) is 2.89. The first-order valence-electron chi connectivity index (χ1n) is 5.54. The number of ether oxygens (including phenoxy) is 1. The lowest BCUT2D eigenvalue weighted by molar-refractivity contribution is -0.385. The smallest absolute Gasteiger partial charge is 0.313 e. The Morgan fingerprint density at radius 1 is 1.50 bits per heavy atom. The number of hydrogen-bond donors (Lipinski definition) is 0. The van der Waals surface area contributed by atoms with Gasteiger partial charge in [0, 0.05) is 18.1 Å². The van der Waals surface area contributed by atoms with Crippen molar-refractivity contribution in [2.45, 2.75) is 6.92 Å². The number of carbonyl (C=O) groups excluding carboxylic acids is 1. The van der Waals surface area contributed by atoms with Crippen molar-refractivity contribution >= 4 is 23.6 Å². The number of rotatable bonds is 4. The zero-order chi connectivity index (χ0) is 14.9. The summed E-state index contributed by atoms with van der Waals surface area (Å²) in [5.41, 5.74) is 0.444. The van der Waals surface area contributed by atoms with Crippen LogP contribution in [-0.4, -0.2) is 21.0 Å². The van der Waals surface area contributed by atoms with Gasteiger partial charge in [-0.15, -0.1) is 0 Å². The van der Waals surface area contributed by atoms with Gasteiger partial charge in [-0.2, -0.15) is 5.10 Å². The molecule has 0 aliphatic rings. The highest BCUT2D eigenvalue weighted by molar-refractivity contribution is 6.30. The van der Waals surface area contributed by atoms with Crippen LogP contribution in [-0.2, 0) is 7.05 Å². The van der Waals surface area contributed by atoms with Gasteiger partial charge in [-0.05, 0) is 19.1 Å². The van der Waals surface area contributed by atoms with E-state index in [-0.39, 0.29) is 27.9 Å². The van der Waals surface area contributed by atoms with Crippen LogP contribution in [0.5, 0.6) is 11.6 Å². The fourth-order valence-corrected chi connectivity index (χ4v) is 1.90. The van der Waals surface area contributed by atoms with Crippen molar-refractivity contribution in [3.05, 3.63) is 44.6 Å². The molecule has 0 fully saturated rings. The predicted molar refractivity (Wildman–Crippen MR) is 71.5 cm³/mol. The zero-order valence-corrected chi connectivity index (χ0v) is 11.4. The number of nitrogens with zero attached hydrogens (tertiary/aromatic N) is 3. The summed E-state index contributed by atoms with van der Waals surface area (Å²) in [6, 6.07) is 4.02. The number of hydrogen-bond acceptors (Lipinski definition) is 5. The van der Waals surface area contributed by atoms with E-state index in [1.54, 1.807) is 14.0 Å². The van der Waals surface area contributed by atoms with Crippen LogP contribution in [0.4, 0.5) is 5.69 Å². The van der Waals surface area contributed by atoms with E-state index in [1.165, 1.54) is 22.9 Å². The van der Waals surface area contributed by atoms with E-state index in [0.717, 1.165) is 0 Å². The van der Waals surface area contributed by atoms with Gasteiger partial charge in [0.15, 0.2) is 6.29 Å². The molecule has 0 aliphatic carbocycles. The van der Waals surface area contributed by atoms with E-state index in [0.29, 0.717) is 12.0 Å². The molecule has 2 aromatic rings. The Balaban J connectivity index is 2.50. The van der Waals surface area contributed by atoms with E-state index in [1.807, 2.05) is 0 Å². The van der Waals surface area contributed by atoms with E-state index >= 15 is 0 Å². The average molecular weight is 296 g/mol. The average Bonchev–Trinajstić information content (AvgIpc) is 2.65. The Bertz CT molecular complexity index is 696. The molecule has 8 heteroatoms. The van der Waals surface area contributed by atoms with Gasteiger partial charge in [-0.3, -0.25) is 14.9 Å². The molecule has 20 heavy (non-hydrogen) atoms. The molecule has 0 bridgehead atoms. The van der Waals surface area contributed by atoms with Crippen LogP contribution in [0.25, 0.3) is 0 Å². The summed E-state index contributed by atoms with van der Waals surface area (Å²) in [5.74, 6) is 0.133. The molecule has 1 aromatic heterocycles. The van der Waals surface area contributed by atoms with Gasteiger partial charge in [0.25, 0.3) is 0 Å². The first-order valence-corrected chi connectivity index (χ1v) is 5.92. The largest absolute Gasteiger partial charge is 0.431 e. The Hall–Kier alpha value is -2.41. The zero-order valence-electron chi connectivity index (χ0n) is 10.7. The van der Waals surface area contributed by atoms with Crippen LogP contribution in [0.15, 0.2) is 18.2 Å². The van der Waals surface area contributed by atoms with Gasteiger partial charge in [-0.1, -0.05) is 11.6 Å². The van der Waals surface area contributed by atoms with Crippen LogP contribution in [0.2, 0.25) is 5.02 Å². The summed E-state index contributed by atoms with van der Waals surface area (Å²) in [6.07, 6.45) is 0.597. The minimum absolute atomic E-state index is 0.00880. The lowest BCUT2D eigenvalue weighted by Crippen LogP contribution is -1.99. The molecule has 0 N–H and O–H groups in total. The number of carbonyl (C=O) groups is 1. The molecule has 0 amide bonds. The molecule has 0 atom stereocenters. The minimum Gasteiger partial charge on any atom is -0.431 e. The van der Waals surface area contributed by atoms with Crippen LogP contribution in [0, 0.1) is 17.0 Å². The fourth-order valence-electron chi connectivity index (χ4n) is 1.73. The Morgan fingerprint density at radius 2 is 2.20 bits per heavy atom. The number of aromatic nitrogens is 2. The second kappa shape index (κ2) is 5.30. The van der Waals surface area contributed by atoms with Crippen molar-refractivity contribution < 1.29 is 14.5 Å². The molecule has 104 valence electrons. The second-order valence-corrected chi connectivity index (χ2v) is 4.45. The quantitative estimate of drug-likeness (QED) is 0.491. The summed E-state index contributed by atoms with van der Waals surface area (Å²) >= 11 is 5.72. The van der Waals surface area contributed by atoms with Crippen molar-refractivity contribution in [1.29, 1.82) is 0 Å². The van der Waals surface area contributed by atoms with Gasteiger partial charge in [0.05, 0.1) is 16.2 Å². The van der Waals surface area contributed by atoms with Gasteiger partial charge < -0.3 is 4.74 Å². The van der Waals surface area contributed by atoms with E-state index in [4.69, 9.17) is 16.3 Å². The third kappa shape index (κ3) is 2.48. The number of halogens is 1. The molecule has 0 spiro atoms. The van der Waals surface area contributed by atoms with Crippen molar-refractivity contribution in [2.75, 3.05) is 0 Å². The number of nitro benzene ring substituents is 1. The minimum atomic E-state index is -0.606. The normalized spacial score (nSPS) is 10.3. The van der Waals surface area contributed by atoms with E-state index in [2.05, 4.69) is 5.10 Å². The van der Waals surface area contributed by atoms with Gasteiger partial charge in [0.1, 0.15) is 0 Å². The highest BCUT2D eigenvalue weighted by Gasteiger charge is 2.21. The maximum absolute atomic E-state index is 11.0. The fraction of sp³-hybridized carbons (Fsp3) is 0.167. The molecule has 7 nitrogen and oxygen atoms in total. The Morgan fingerprint density at radius 3 is 2.80 bits per heavy atom. The van der Waals surface area contributed by atoms with Crippen LogP contribution < -0.4 is 4.74 Å². The topological polar surface area (TPSA) is 87.3 Å².